The number of benzene rings is 5. The average Bonchev–Trinajstić information content (AvgIpc) is 3.73. The second-order valence-corrected chi connectivity index (χ2v) is 13.1. The Bertz CT molecular complexity index is 2100. The first kappa shape index (κ1) is 30.5. The number of anilines is 3. The Balaban J connectivity index is 1.13. The number of aromatic nitrogens is 1. The number of unbranched alkanes of at least 4 members (excludes halogenated alkanes) is 3. The fourth-order valence-electron chi connectivity index (χ4n) is 6.41. The molecular formula is C43H38N2OS. The van der Waals surface area contributed by atoms with E-state index in [1.807, 2.05) is 12.1 Å². The van der Waals surface area contributed by atoms with Crippen LogP contribution in [-0.2, 0) is 6.54 Å². The smallest absolute Gasteiger partial charge is 0.150 e. The third-order valence-corrected chi connectivity index (χ3v) is 9.89. The van der Waals surface area contributed by atoms with E-state index in [9.17, 15) is 4.79 Å². The zero-order valence-electron chi connectivity index (χ0n) is 26.7. The summed E-state index contributed by atoms with van der Waals surface area (Å²) in [6, 6.07) is 47.0. The van der Waals surface area contributed by atoms with Gasteiger partial charge in [-0.1, -0.05) is 86.9 Å². The highest BCUT2D eigenvalue weighted by molar-refractivity contribution is 7.16. The molecule has 0 aliphatic carbocycles. The number of carbonyl (C=O) groups is 1. The van der Waals surface area contributed by atoms with Crippen LogP contribution in [0, 0.1) is 0 Å². The lowest BCUT2D eigenvalue weighted by molar-refractivity contribution is 0.112. The fraction of sp³-hybridized carbons (Fsp3) is 0.140. The van der Waals surface area contributed by atoms with Gasteiger partial charge in [0.1, 0.15) is 6.29 Å². The Hall–Kier alpha value is -5.19. The molecule has 0 bridgehead atoms. The molecule has 3 nitrogen and oxygen atoms in total. The number of rotatable bonds is 12. The lowest BCUT2D eigenvalue weighted by Gasteiger charge is -2.25. The molecule has 2 heterocycles. The monoisotopic (exact) mass is 630 g/mol. The summed E-state index contributed by atoms with van der Waals surface area (Å²) in [6.45, 7) is 3.24. The largest absolute Gasteiger partial charge is 0.340 e. The predicted octanol–water partition coefficient (Wildman–Crippen LogP) is 12.6. The van der Waals surface area contributed by atoms with Crippen molar-refractivity contribution in [2.24, 2.45) is 0 Å². The highest BCUT2D eigenvalue weighted by Gasteiger charge is 2.13. The standard InChI is InChI=1S/C43H38N2OS/c1-2-3-4-11-28-44-41-25-17-32(29-39(41)40-30-33(31-46)18-26-42(40)44)16-23-38-24-27-43(47-38)34-19-21-37(22-20-34)45(35-12-7-5-8-13-35)36-14-9-6-10-15-36/h5-10,12-27,29-31H,2-4,11,28H2,1H3. The normalized spacial score (nSPS) is 11.5. The number of hydrogen-bond donors (Lipinski definition) is 0. The van der Waals surface area contributed by atoms with Gasteiger partial charge in [0.15, 0.2) is 0 Å². The SMILES string of the molecule is CCCCCCn1c2ccc(C=O)cc2c2cc(C=Cc3ccc(-c4ccc(N(c5ccccc5)c5ccccc5)cc4)s3)ccc21. The zero-order chi connectivity index (χ0) is 32.0. The molecule has 47 heavy (non-hydrogen) atoms. The fourth-order valence-corrected chi connectivity index (χ4v) is 7.32. The molecule has 0 unspecified atom stereocenters. The van der Waals surface area contributed by atoms with Gasteiger partial charge in [0.25, 0.3) is 0 Å². The van der Waals surface area contributed by atoms with Gasteiger partial charge >= 0.3 is 0 Å². The van der Waals surface area contributed by atoms with E-state index >= 15 is 0 Å². The Morgan fingerprint density at radius 1 is 0.617 bits per heavy atom. The van der Waals surface area contributed by atoms with Crippen molar-refractivity contribution in [3.05, 3.63) is 149 Å². The Morgan fingerprint density at radius 3 is 1.87 bits per heavy atom. The summed E-state index contributed by atoms with van der Waals surface area (Å²) in [6.07, 6.45) is 10.2. The van der Waals surface area contributed by atoms with Crippen LogP contribution in [0.4, 0.5) is 17.1 Å². The number of aryl methyl sites for hydroxylation is 1. The number of carbonyl (C=O) groups excluding carboxylic acids is 1. The first-order valence-electron chi connectivity index (χ1n) is 16.5. The second-order valence-electron chi connectivity index (χ2n) is 12.0. The van der Waals surface area contributed by atoms with Crippen LogP contribution < -0.4 is 4.90 Å². The maximum absolute atomic E-state index is 11.6. The van der Waals surface area contributed by atoms with Crippen molar-refractivity contribution in [3.8, 4) is 10.4 Å². The third-order valence-electron chi connectivity index (χ3n) is 8.79. The summed E-state index contributed by atoms with van der Waals surface area (Å²) < 4.78 is 2.43. The summed E-state index contributed by atoms with van der Waals surface area (Å²) >= 11 is 1.80. The third kappa shape index (κ3) is 6.56. The predicted molar refractivity (Wildman–Crippen MR) is 202 cm³/mol. The molecule has 0 saturated heterocycles. The van der Waals surface area contributed by atoms with E-state index in [0.29, 0.717) is 0 Å². The molecule has 7 aromatic rings. The van der Waals surface area contributed by atoms with Gasteiger partial charge in [-0.3, -0.25) is 4.79 Å². The summed E-state index contributed by atoms with van der Waals surface area (Å²) in [5, 5.41) is 2.35. The van der Waals surface area contributed by atoms with Crippen molar-refractivity contribution >= 4 is 68.6 Å². The van der Waals surface area contributed by atoms with E-state index in [2.05, 4.69) is 150 Å². The molecule has 2 aromatic heterocycles. The van der Waals surface area contributed by atoms with Crippen molar-refractivity contribution in [3.63, 3.8) is 0 Å². The highest BCUT2D eigenvalue weighted by atomic mass is 32.1. The molecule has 0 aliphatic rings. The molecule has 0 atom stereocenters. The van der Waals surface area contributed by atoms with Gasteiger partial charge in [0, 0.05) is 60.7 Å². The molecule has 0 aliphatic heterocycles. The molecule has 4 heteroatoms. The topological polar surface area (TPSA) is 25.2 Å². The van der Waals surface area contributed by atoms with Gasteiger partial charge in [-0.05, 0) is 102 Å². The van der Waals surface area contributed by atoms with Crippen LogP contribution in [0.15, 0.2) is 133 Å². The molecule has 0 saturated carbocycles. The Kier molecular flexibility index (Phi) is 9.12. The molecule has 0 spiro atoms. The van der Waals surface area contributed by atoms with Gasteiger partial charge in [-0.2, -0.15) is 0 Å². The van der Waals surface area contributed by atoms with E-state index in [-0.39, 0.29) is 0 Å². The first-order valence-corrected chi connectivity index (χ1v) is 17.3. The molecule has 0 radical (unpaired) electrons. The lowest BCUT2D eigenvalue weighted by atomic mass is 10.1. The number of aldehydes is 1. The van der Waals surface area contributed by atoms with E-state index < -0.39 is 0 Å². The Labute approximate surface area is 281 Å². The zero-order valence-corrected chi connectivity index (χ0v) is 27.5. The molecule has 0 N–H and O–H groups in total. The van der Waals surface area contributed by atoms with E-state index in [0.717, 1.165) is 52.8 Å². The number of thiophene rings is 1. The van der Waals surface area contributed by atoms with Crippen LogP contribution in [0.25, 0.3) is 44.4 Å². The van der Waals surface area contributed by atoms with Gasteiger partial charge in [-0.25, -0.2) is 0 Å². The molecule has 232 valence electrons. The van der Waals surface area contributed by atoms with Crippen LogP contribution in [0.1, 0.15) is 53.4 Å². The maximum Gasteiger partial charge on any atom is 0.150 e. The van der Waals surface area contributed by atoms with Crippen LogP contribution in [0.5, 0.6) is 0 Å². The van der Waals surface area contributed by atoms with E-state index in [1.165, 1.54) is 51.0 Å². The second kappa shape index (κ2) is 14.1. The molecule has 0 fully saturated rings. The van der Waals surface area contributed by atoms with Crippen molar-refractivity contribution in [1.82, 2.24) is 4.57 Å². The van der Waals surface area contributed by atoms with Crippen LogP contribution in [0.2, 0.25) is 0 Å². The van der Waals surface area contributed by atoms with Crippen molar-refractivity contribution < 1.29 is 4.79 Å². The number of hydrogen-bond acceptors (Lipinski definition) is 3. The number of fused-ring (bicyclic) bond motifs is 3. The minimum absolute atomic E-state index is 0.718. The van der Waals surface area contributed by atoms with E-state index in [1.54, 1.807) is 11.3 Å². The van der Waals surface area contributed by atoms with Gasteiger partial charge in [0.2, 0.25) is 0 Å². The van der Waals surface area contributed by atoms with Gasteiger partial charge < -0.3 is 9.47 Å². The van der Waals surface area contributed by atoms with Crippen LogP contribution >= 0.6 is 11.3 Å². The van der Waals surface area contributed by atoms with E-state index in [4.69, 9.17) is 0 Å². The van der Waals surface area contributed by atoms with Crippen LogP contribution in [-0.4, -0.2) is 10.9 Å². The lowest BCUT2D eigenvalue weighted by Crippen LogP contribution is -2.09. The maximum atomic E-state index is 11.6. The average molecular weight is 631 g/mol. The minimum atomic E-state index is 0.718. The first-order chi connectivity index (χ1) is 23.2. The van der Waals surface area contributed by atoms with Gasteiger partial charge in [-0.15, -0.1) is 11.3 Å². The molecular weight excluding hydrogens is 593 g/mol. The summed E-state index contributed by atoms with van der Waals surface area (Å²) in [5.74, 6) is 0. The Morgan fingerprint density at radius 2 is 1.23 bits per heavy atom. The minimum Gasteiger partial charge on any atom is -0.340 e. The molecule has 7 rings (SSSR count). The van der Waals surface area contributed by atoms with Crippen molar-refractivity contribution in [2.45, 2.75) is 39.2 Å². The van der Waals surface area contributed by atoms with Gasteiger partial charge in [0.05, 0.1) is 0 Å². The van der Waals surface area contributed by atoms with Crippen molar-refractivity contribution in [1.29, 1.82) is 0 Å². The number of nitrogens with zero attached hydrogens (tertiary/aromatic N) is 2. The summed E-state index contributed by atoms with van der Waals surface area (Å²) in [7, 11) is 0. The number of para-hydroxylation sites is 2. The summed E-state index contributed by atoms with van der Waals surface area (Å²) in [4.78, 5) is 16.3. The quantitative estimate of drug-likeness (QED) is 0.0991. The molecule has 5 aromatic carbocycles. The van der Waals surface area contributed by atoms with Crippen molar-refractivity contribution in [2.75, 3.05) is 4.90 Å². The molecule has 0 amide bonds. The summed E-state index contributed by atoms with van der Waals surface area (Å²) in [5.41, 5.74) is 8.90. The van der Waals surface area contributed by atoms with Crippen LogP contribution in [0.3, 0.4) is 0 Å². The highest BCUT2D eigenvalue weighted by Crippen LogP contribution is 2.37.